The first-order valence-electron chi connectivity index (χ1n) is 9.77. The van der Waals surface area contributed by atoms with Crippen molar-refractivity contribution < 1.29 is 23.9 Å². The van der Waals surface area contributed by atoms with E-state index in [1.54, 1.807) is 79.9 Å². The van der Waals surface area contributed by atoms with Crippen molar-refractivity contribution in [2.45, 2.75) is 0 Å². The first kappa shape index (κ1) is 23.5. The Morgan fingerprint density at radius 2 is 1.61 bits per heavy atom. The maximum Gasteiger partial charge on any atom is 0.343 e. The van der Waals surface area contributed by atoms with E-state index in [1.807, 2.05) is 0 Å². The number of rotatable bonds is 8. The van der Waals surface area contributed by atoms with Crippen molar-refractivity contribution >= 4 is 35.6 Å². The molecule has 0 bridgehead atoms. The van der Waals surface area contributed by atoms with Crippen molar-refractivity contribution in [1.82, 2.24) is 10.7 Å². The van der Waals surface area contributed by atoms with Gasteiger partial charge in [0.1, 0.15) is 11.5 Å². The van der Waals surface area contributed by atoms with Crippen LogP contribution in [-0.2, 0) is 4.79 Å². The highest BCUT2D eigenvalue weighted by molar-refractivity contribution is 6.33. The Kier molecular flexibility index (Phi) is 8.15. The molecule has 168 valence electrons. The molecule has 2 amide bonds. The predicted octanol–water partition coefficient (Wildman–Crippen LogP) is 3.45. The summed E-state index contributed by atoms with van der Waals surface area (Å²) >= 11 is 5.95. The molecule has 3 aromatic carbocycles. The topological polar surface area (TPSA) is 106 Å². The molecule has 0 aliphatic rings. The zero-order valence-corrected chi connectivity index (χ0v) is 18.3. The minimum Gasteiger partial charge on any atom is -0.497 e. The summed E-state index contributed by atoms with van der Waals surface area (Å²) in [6.07, 6.45) is 1.42. The summed E-state index contributed by atoms with van der Waals surface area (Å²) in [6, 6.07) is 19.7. The Labute approximate surface area is 195 Å². The Morgan fingerprint density at radius 1 is 0.939 bits per heavy atom. The van der Waals surface area contributed by atoms with Crippen molar-refractivity contribution in [2.75, 3.05) is 13.7 Å². The Hall–Kier alpha value is -4.17. The Balaban J connectivity index is 1.45. The van der Waals surface area contributed by atoms with Crippen molar-refractivity contribution in [2.24, 2.45) is 5.10 Å². The minimum atomic E-state index is -0.503. The molecule has 0 aliphatic carbocycles. The number of carbonyl (C=O) groups excluding carboxylic acids is 3. The molecule has 0 aliphatic heterocycles. The summed E-state index contributed by atoms with van der Waals surface area (Å²) < 4.78 is 10.4. The van der Waals surface area contributed by atoms with Crippen LogP contribution in [0.5, 0.6) is 11.5 Å². The fourth-order valence-electron chi connectivity index (χ4n) is 2.63. The average Bonchev–Trinajstić information content (AvgIpc) is 2.84. The number of carbonyl (C=O) groups is 3. The normalized spacial score (nSPS) is 10.5. The van der Waals surface area contributed by atoms with Gasteiger partial charge in [-0.25, -0.2) is 10.2 Å². The third kappa shape index (κ3) is 6.91. The van der Waals surface area contributed by atoms with E-state index >= 15 is 0 Å². The molecule has 0 radical (unpaired) electrons. The summed E-state index contributed by atoms with van der Waals surface area (Å²) in [4.78, 5) is 36.1. The second kappa shape index (κ2) is 11.4. The van der Waals surface area contributed by atoms with Gasteiger partial charge in [0.15, 0.2) is 0 Å². The summed E-state index contributed by atoms with van der Waals surface area (Å²) in [6.45, 7) is -0.262. The molecule has 0 saturated heterocycles. The fraction of sp³-hybridized carbons (Fsp3) is 0.0833. The molecule has 0 heterocycles. The molecule has 0 unspecified atom stereocenters. The van der Waals surface area contributed by atoms with Gasteiger partial charge in [-0.2, -0.15) is 5.10 Å². The molecule has 0 saturated carbocycles. The lowest BCUT2D eigenvalue weighted by molar-refractivity contribution is -0.120. The van der Waals surface area contributed by atoms with Gasteiger partial charge in [-0.3, -0.25) is 9.59 Å². The zero-order valence-electron chi connectivity index (χ0n) is 17.6. The predicted molar refractivity (Wildman–Crippen MR) is 124 cm³/mol. The molecule has 2 N–H and O–H groups in total. The smallest absolute Gasteiger partial charge is 0.343 e. The van der Waals surface area contributed by atoms with E-state index in [0.717, 1.165) is 0 Å². The number of hydrazone groups is 1. The number of nitrogens with one attached hydrogen (secondary N) is 2. The average molecular weight is 466 g/mol. The highest BCUT2D eigenvalue weighted by Crippen LogP contribution is 2.16. The van der Waals surface area contributed by atoms with Crippen LogP contribution in [-0.4, -0.2) is 37.7 Å². The number of amides is 2. The number of benzene rings is 3. The first-order valence-corrected chi connectivity index (χ1v) is 10.1. The van der Waals surface area contributed by atoms with Gasteiger partial charge in [0, 0.05) is 0 Å². The monoisotopic (exact) mass is 465 g/mol. The summed E-state index contributed by atoms with van der Waals surface area (Å²) in [5.74, 6) is -0.453. The molecule has 0 atom stereocenters. The van der Waals surface area contributed by atoms with E-state index in [1.165, 1.54) is 6.21 Å². The van der Waals surface area contributed by atoms with Crippen LogP contribution in [0.1, 0.15) is 26.3 Å². The van der Waals surface area contributed by atoms with E-state index in [0.29, 0.717) is 27.6 Å². The maximum atomic E-state index is 12.2. The molecule has 3 rings (SSSR count). The van der Waals surface area contributed by atoms with Crippen LogP contribution in [0.25, 0.3) is 0 Å². The molecule has 33 heavy (non-hydrogen) atoms. The summed E-state index contributed by atoms with van der Waals surface area (Å²) in [5, 5.41) is 6.61. The number of methoxy groups -OCH3 is 1. The molecular weight excluding hydrogens is 446 g/mol. The number of hydrogen-bond acceptors (Lipinski definition) is 6. The number of halogens is 1. The highest BCUT2D eigenvalue weighted by atomic mass is 35.5. The van der Waals surface area contributed by atoms with Gasteiger partial charge in [0.2, 0.25) is 0 Å². The van der Waals surface area contributed by atoms with E-state index in [9.17, 15) is 14.4 Å². The minimum absolute atomic E-state index is 0.262. The van der Waals surface area contributed by atoms with Crippen molar-refractivity contribution in [3.63, 3.8) is 0 Å². The van der Waals surface area contributed by atoms with Crippen LogP contribution in [0.3, 0.4) is 0 Å². The lowest BCUT2D eigenvalue weighted by atomic mass is 10.2. The van der Waals surface area contributed by atoms with E-state index in [4.69, 9.17) is 21.1 Å². The number of ether oxygens (including phenoxy) is 2. The molecule has 9 heteroatoms. The SMILES string of the molecule is COc1ccc(C(=O)Oc2ccc(/C=N\NC(=O)CNC(=O)c3ccccc3Cl)cc2)cc1. The van der Waals surface area contributed by atoms with Crippen LogP contribution >= 0.6 is 11.6 Å². The van der Waals surface area contributed by atoms with Crippen LogP contribution < -0.4 is 20.2 Å². The van der Waals surface area contributed by atoms with Crippen LogP contribution in [0, 0.1) is 0 Å². The summed E-state index contributed by atoms with van der Waals surface area (Å²) in [5.41, 5.74) is 3.66. The quantitative estimate of drug-likeness (QED) is 0.229. The van der Waals surface area contributed by atoms with Crippen molar-refractivity contribution in [3.05, 3.63) is 94.5 Å². The molecule has 0 spiro atoms. The van der Waals surface area contributed by atoms with Crippen molar-refractivity contribution in [3.8, 4) is 11.5 Å². The van der Waals surface area contributed by atoms with Gasteiger partial charge >= 0.3 is 5.97 Å². The van der Waals surface area contributed by atoms with Gasteiger partial charge < -0.3 is 14.8 Å². The molecule has 0 aromatic heterocycles. The van der Waals surface area contributed by atoms with Crippen LogP contribution in [0.15, 0.2) is 77.9 Å². The van der Waals surface area contributed by atoms with E-state index < -0.39 is 17.8 Å². The van der Waals surface area contributed by atoms with Gasteiger partial charge in [-0.15, -0.1) is 0 Å². The van der Waals surface area contributed by atoms with Gasteiger partial charge in [0.25, 0.3) is 11.8 Å². The maximum absolute atomic E-state index is 12.2. The first-order chi connectivity index (χ1) is 16.0. The third-order valence-corrected chi connectivity index (χ3v) is 4.68. The van der Waals surface area contributed by atoms with E-state index in [2.05, 4.69) is 15.8 Å². The fourth-order valence-corrected chi connectivity index (χ4v) is 2.86. The molecular formula is C24H20ClN3O5. The largest absolute Gasteiger partial charge is 0.497 e. The van der Waals surface area contributed by atoms with Crippen molar-refractivity contribution in [1.29, 1.82) is 0 Å². The standard InChI is InChI=1S/C24H20ClN3O5/c1-32-18-12-8-17(9-13-18)24(31)33-19-10-6-16(7-11-19)14-27-28-22(29)15-26-23(30)20-4-2-3-5-21(20)25/h2-14H,15H2,1H3,(H,26,30)(H,28,29)/b27-14-. The summed E-state index contributed by atoms with van der Waals surface area (Å²) in [7, 11) is 1.55. The third-order valence-electron chi connectivity index (χ3n) is 4.35. The number of esters is 1. The number of hydrogen-bond donors (Lipinski definition) is 2. The molecule has 8 nitrogen and oxygen atoms in total. The molecule has 0 fully saturated rings. The lowest BCUT2D eigenvalue weighted by Crippen LogP contribution is -2.35. The Bertz CT molecular complexity index is 1160. The second-order valence-electron chi connectivity index (χ2n) is 6.64. The Morgan fingerprint density at radius 3 is 2.27 bits per heavy atom. The van der Waals surface area contributed by atoms with Gasteiger partial charge in [-0.1, -0.05) is 23.7 Å². The molecule has 3 aromatic rings. The van der Waals surface area contributed by atoms with Gasteiger partial charge in [-0.05, 0) is 66.2 Å². The highest BCUT2D eigenvalue weighted by Gasteiger charge is 2.11. The lowest BCUT2D eigenvalue weighted by Gasteiger charge is -2.06. The zero-order chi connectivity index (χ0) is 23.6. The van der Waals surface area contributed by atoms with Gasteiger partial charge in [0.05, 0.1) is 36.0 Å². The van der Waals surface area contributed by atoms with Crippen LogP contribution in [0.2, 0.25) is 5.02 Å². The van der Waals surface area contributed by atoms with E-state index in [-0.39, 0.29) is 12.1 Å². The number of nitrogens with zero attached hydrogens (tertiary/aromatic N) is 1. The van der Waals surface area contributed by atoms with Crippen LogP contribution in [0.4, 0.5) is 0 Å². The second-order valence-corrected chi connectivity index (χ2v) is 7.05.